The van der Waals surface area contributed by atoms with Gasteiger partial charge >= 0.3 is 5.97 Å². The predicted octanol–water partition coefficient (Wildman–Crippen LogP) is 4.42. The number of hydrogen-bond acceptors (Lipinski definition) is 5. The first-order chi connectivity index (χ1) is 14.4. The lowest BCUT2D eigenvalue weighted by Gasteiger charge is -2.15. The van der Waals surface area contributed by atoms with Gasteiger partial charge in [0.05, 0.1) is 23.6 Å². The Morgan fingerprint density at radius 1 is 1.23 bits per heavy atom. The molecule has 0 aliphatic heterocycles. The molecule has 156 valence electrons. The number of thioether (sulfide) groups is 1. The Balaban J connectivity index is 1.62. The van der Waals surface area contributed by atoms with Crippen molar-refractivity contribution in [3.8, 4) is 5.69 Å². The van der Waals surface area contributed by atoms with E-state index in [4.69, 9.17) is 11.6 Å². The molecule has 0 spiro atoms. The smallest absolute Gasteiger partial charge is 0.337 e. The SMILES string of the molecule is COC(=O)c1ccc(CNC(=O)C(C)Sc2nccn2-c2cccc(Cl)c2C)cc1. The molecule has 0 fully saturated rings. The molecule has 3 aromatic rings. The highest BCUT2D eigenvalue weighted by atomic mass is 35.5. The number of imidazole rings is 1. The summed E-state index contributed by atoms with van der Waals surface area (Å²) in [5.41, 5.74) is 3.25. The van der Waals surface area contributed by atoms with Crippen molar-refractivity contribution in [1.29, 1.82) is 0 Å². The molecule has 1 atom stereocenters. The summed E-state index contributed by atoms with van der Waals surface area (Å²) in [4.78, 5) is 28.5. The molecule has 0 aliphatic carbocycles. The maximum Gasteiger partial charge on any atom is 0.337 e. The van der Waals surface area contributed by atoms with Gasteiger partial charge in [0.2, 0.25) is 5.91 Å². The minimum absolute atomic E-state index is 0.102. The Labute approximate surface area is 184 Å². The zero-order valence-electron chi connectivity index (χ0n) is 16.9. The van der Waals surface area contributed by atoms with Gasteiger partial charge in [0.15, 0.2) is 5.16 Å². The Kier molecular flexibility index (Phi) is 7.18. The Morgan fingerprint density at radius 2 is 1.97 bits per heavy atom. The molecule has 3 rings (SSSR count). The Morgan fingerprint density at radius 3 is 2.67 bits per heavy atom. The van der Waals surface area contributed by atoms with Crippen LogP contribution in [0.3, 0.4) is 0 Å². The van der Waals surface area contributed by atoms with Crippen LogP contribution in [0.15, 0.2) is 60.0 Å². The molecular weight excluding hydrogens is 422 g/mol. The lowest BCUT2D eigenvalue weighted by atomic mass is 10.1. The summed E-state index contributed by atoms with van der Waals surface area (Å²) >= 11 is 7.62. The van der Waals surface area contributed by atoms with Gasteiger partial charge in [0, 0.05) is 24.0 Å². The standard InChI is InChI=1S/C22H22ClN3O3S/c1-14-18(23)5-4-6-19(14)26-12-11-24-22(26)30-15(2)20(27)25-13-16-7-9-17(10-8-16)21(28)29-3/h4-12,15H,13H2,1-3H3,(H,25,27). The zero-order chi connectivity index (χ0) is 21.7. The van der Waals surface area contributed by atoms with E-state index < -0.39 is 0 Å². The molecule has 2 aromatic carbocycles. The summed E-state index contributed by atoms with van der Waals surface area (Å²) in [6.45, 7) is 4.16. The lowest BCUT2D eigenvalue weighted by Crippen LogP contribution is -2.30. The second kappa shape index (κ2) is 9.82. The maximum absolute atomic E-state index is 12.6. The summed E-state index contributed by atoms with van der Waals surface area (Å²) < 4.78 is 6.62. The average molecular weight is 444 g/mol. The topological polar surface area (TPSA) is 73.2 Å². The van der Waals surface area contributed by atoms with E-state index in [-0.39, 0.29) is 17.1 Å². The van der Waals surface area contributed by atoms with Gasteiger partial charge in [-0.1, -0.05) is 41.6 Å². The van der Waals surface area contributed by atoms with Crippen molar-refractivity contribution in [2.75, 3.05) is 7.11 Å². The third-order valence-electron chi connectivity index (χ3n) is 4.60. The third-order valence-corrected chi connectivity index (χ3v) is 6.09. The van der Waals surface area contributed by atoms with Crippen LogP contribution in [0.1, 0.15) is 28.4 Å². The van der Waals surface area contributed by atoms with Crippen molar-refractivity contribution in [1.82, 2.24) is 14.9 Å². The largest absolute Gasteiger partial charge is 0.465 e. The Hall–Kier alpha value is -2.77. The molecule has 1 aromatic heterocycles. The van der Waals surface area contributed by atoms with E-state index in [1.54, 1.807) is 30.5 Å². The first kappa shape index (κ1) is 21.9. The highest BCUT2D eigenvalue weighted by Crippen LogP contribution is 2.28. The van der Waals surface area contributed by atoms with Crippen LogP contribution in [0.5, 0.6) is 0 Å². The highest BCUT2D eigenvalue weighted by Gasteiger charge is 2.18. The lowest BCUT2D eigenvalue weighted by molar-refractivity contribution is -0.120. The van der Waals surface area contributed by atoms with Gasteiger partial charge in [-0.3, -0.25) is 9.36 Å². The molecule has 1 N–H and O–H groups in total. The maximum atomic E-state index is 12.6. The first-order valence-electron chi connectivity index (χ1n) is 9.31. The van der Waals surface area contributed by atoms with Gasteiger partial charge in [-0.15, -0.1) is 0 Å². The average Bonchev–Trinajstić information content (AvgIpc) is 3.21. The number of halogens is 1. The van der Waals surface area contributed by atoms with E-state index >= 15 is 0 Å². The van der Waals surface area contributed by atoms with Crippen molar-refractivity contribution >= 4 is 35.2 Å². The number of nitrogens with one attached hydrogen (secondary N) is 1. The van der Waals surface area contributed by atoms with Gasteiger partial charge < -0.3 is 10.1 Å². The molecule has 0 radical (unpaired) electrons. The molecule has 0 saturated carbocycles. The number of amides is 1. The van der Waals surface area contributed by atoms with Crippen LogP contribution in [-0.4, -0.2) is 33.8 Å². The predicted molar refractivity (Wildman–Crippen MR) is 118 cm³/mol. The van der Waals surface area contributed by atoms with Crippen LogP contribution in [0.25, 0.3) is 5.69 Å². The molecular formula is C22H22ClN3O3S. The number of ether oxygens (including phenoxy) is 1. The number of carbonyl (C=O) groups is 2. The van der Waals surface area contributed by atoms with Gasteiger partial charge in [-0.05, 0) is 49.2 Å². The summed E-state index contributed by atoms with van der Waals surface area (Å²) in [5.74, 6) is -0.490. The second-order valence-corrected chi connectivity index (χ2v) is 8.35. The third kappa shape index (κ3) is 5.04. The van der Waals surface area contributed by atoms with E-state index in [0.717, 1.165) is 16.8 Å². The first-order valence-corrected chi connectivity index (χ1v) is 10.6. The van der Waals surface area contributed by atoms with E-state index in [1.807, 2.05) is 42.8 Å². The van der Waals surface area contributed by atoms with Gasteiger partial charge in [-0.25, -0.2) is 9.78 Å². The summed E-state index contributed by atoms with van der Waals surface area (Å²) in [5, 5.41) is 3.97. The van der Waals surface area contributed by atoms with Gasteiger partial charge in [-0.2, -0.15) is 0 Å². The van der Waals surface area contributed by atoms with Gasteiger partial charge in [0.1, 0.15) is 0 Å². The molecule has 30 heavy (non-hydrogen) atoms. The molecule has 1 heterocycles. The van der Waals surface area contributed by atoms with Crippen molar-refractivity contribution in [3.63, 3.8) is 0 Å². The molecule has 1 unspecified atom stereocenters. The van der Waals surface area contributed by atoms with Crippen LogP contribution in [0, 0.1) is 6.92 Å². The van der Waals surface area contributed by atoms with Crippen molar-refractivity contribution < 1.29 is 14.3 Å². The number of esters is 1. The van der Waals surface area contributed by atoms with Crippen LogP contribution in [0.4, 0.5) is 0 Å². The van der Waals surface area contributed by atoms with Crippen molar-refractivity contribution in [3.05, 3.63) is 76.6 Å². The number of carbonyl (C=O) groups excluding carboxylic acids is 2. The summed E-state index contributed by atoms with van der Waals surface area (Å²) in [6.07, 6.45) is 3.56. The number of hydrogen-bond donors (Lipinski definition) is 1. The summed E-state index contributed by atoms with van der Waals surface area (Å²) in [7, 11) is 1.34. The van der Waals surface area contributed by atoms with Crippen LogP contribution in [-0.2, 0) is 16.1 Å². The fourth-order valence-corrected chi connectivity index (χ4v) is 3.91. The highest BCUT2D eigenvalue weighted by molar-refractivity contribution is 8.00. The molecule has 0 aliphatic rings. The fourth-order valence-electron chi connectivity index (χ4n) is 2.84. The number of aromatic nitrogens is 2. The minimum Gasteiger partial charge on any atom is -0.465 e. The van der Waals surface area contributed by atoms with E-state index in [1.165, 1.54) is 18.9 Å². The van der Waals surface area contributed by atoms with Gasteiger partial charge in [0.25, 0.3) is 0 Å². The molecule has 0 saturated heterocycles. The van der Waals surface area contributed by atoms with Crippen LogP contribution < -0.4 is 5.32 Å². The second-order valence-electron chi connectivity index (χ2n) is 6.63. The van der Waals surface area contributed by atoms with Crippen molar-refractivity contribution in [2.45, 2.75) is 30.8 Å². The van der Waals surface area contributed by atoms with Crippen molar-refractivity contribution in [2.24, 2.45) is 0 Å². The minimum atomic E-state index is -0.388. The van der Waals surface area contributed by atoms with Crippen LogP contribution in [0.2, 0.25) is 5.02 Å². The molecule has 1 amide bonds. The Bertz CT molecular complexity index is 1050. The monoisotopic (exact) mass is 443 g/mol. The molecule has 6 nitrogen and oxygen atoms in total. The quantitative estimate of drug-likeness (QED) is 0.432. The number of rotatable bonds is 7. The zero-order valence-corrected chi connectivity index (χ0v) is 18.5. The number of methoxy groups -OCH3 is 1. The van der Waals surface area contributed by atoms with Crippen LogP contribution >= 0.6 is 23.4 Å². The number of benzene rings is 2. The number of nitrogens with zero attached hydrogens (tertiary/aromatic N) is 2. The summed E-state index contributed by atoms with van der Waals surface area (Å²) in [6, 6.07) is 12.6. The van der Waals surface area contributed by atoms with E-state index in [0.29, 0.717) is 22.3 Å². The van der Waals surface area contributed by atoms with E-state index in [9.17, 15) is 9.59 Å². The fraction of sp³-hybridized carbons (Fsp3) is 0.227. The molecule has 0 bridgehead atoms. The normalized spacial score (nSPS) is 11.7. The molecule has 8 heteroatoms. The van der Waals surface area contributed by atoms with E-state index in [2.05, 4.69) is 15.0 Å².